The molecule has 5 heteroatoms. The molecule has 0 aliphatic rings. The lowest BCUT2D eigenvalue weighted by atomic mass is 10.0. The summed E-state index contributed by atoms with van der Waals surface area (Å²) in [5.41, 5.74) is 0. The van der Waals surface area contributed by atoms with Crippen LogP contribution in [0.3, 0.4) is 0 Å². The minimum absolute atomic E-state index is 0. The molecule has 0 bridgehead atoms. The van der Waals surface area contributed by atoms with Crippen LogP contribution in [0.5, 0.6) is 0 Å². The molecule has 0 aromatic rings. The molecular weight excluding hydrogens is 398 g/mol. The van der Waals surface area contributed by atoms with Crippen molar-refractivity contribution in [1.29, 1.82) is 0 Å². The highest BCUT2D eigenvalue weighted by Gasteiger charge is 2.13. The van der Waals surface area contributed by atoms with E-state index < -0.39 is 0 Å². The van der Waals surface area contributed by atoms with Crippen LogP contribution in [-0.4, -0.2) is 50.8 Å². The van der Waals surface area contributed by atoms with Gasteiger partial charge in [-0.3, -0.25) is 4.79 Å². The van der Waals surface area contributed by atoms with Gasteiger partial charge in [0.2, 0.25) is 0 Å². The minimum atomic E-state index is -0.233. The molecular formula is C25H52ClNO3. The van der Waals surface area contributed by atoms with Gasteiger partial charge in [-0.1, -0.05) is 103 Å². The Kier molecular flexibility index (Phi) is 26.5. The summed E-state index contributed by atoms with van der Waals surface area (Å²) >= 11 is 0. The number of carbonyl (C=O) groups is 1. The average molecular weight is 450 g/mol. The average Bonchev–Trinajstić information content (AvgIpc) is 2.66. The minimum Gasteiger partial charge on any atom is -0.459 e. The first-order chi connectivity index (χ1) is 14.1. The van der Waals surface area contributed by atoms with Crippen molar-refractivity contribution in [2.24, 2.45) is 0 Å². The molecule has 0 aromatic heterocycles. The van der Waals surface area contributed by atoms with E-state index in [0.717, 1.165) is 13.0 Å². The van der Waals surface area contributed by atoms with Crippen LogP contribution in [0.4, 0.5) is 0 Å². The molecule has 30 heavy (non-hydrogen) atoms. The number of carbonyl (C=O) groups excluding carboxylic acids is 1. The van der Waals surface area contributed by atoms with E-state index in [-0.39, 0.29) is 24.5 Å². The standard InChI is InChI=1S/C25H51NO3.ClH/c1-5-6-7-8-9-10-11-12-13-14-15-16-17-18-19-20-21-28-23-25(22-26(3)4)29-24(2)27;/h25H,5-23H2,1-4H3;1H. The number of unbranched alkanes of at least 4 members (excludes halogenated alkanes) is 15. The van der Waals surface area contributed by atoms with Gasteiger partial charge in [-0.25, -0.2) is 0 Å². The van der Waals surface area contributed by atoms with E-state index in [1.807, 2.05) is 19.0 Å². The molecule has 0 aliphatic heterocycles. The number of rotatable bonds is 22. The Labute approximate surface area is 194 Å². The third kappa shape index (κ3) is 25.7. The number of nitrogens with zero attached hydrogens (tertiary/aromatic N) is 1. The van der Waals surface area contributed by atoms with Crippen LogP contribution in [0.15, 0.2) is 0 Å². The zero-order valence-corrected chi connectivity index (χ0v) is 21.4. The monoisotopic (exact) mass is 449 g/mol. The second-order valence-electron chi connectivity index (χ2n) is 8.87. The van der Waals surface area contributed by atoms with Crippen LogP contribution in [0.25, 0.3) is 0 Å². The van der Waals surface area contributed by atoms with Crippen molar-refractivity contribution in [2.75, 3.05) is 33.9 Å². The highest BCUT2D eigenvalue weighted by molar-refractivity contribution is 5.85. The number of esters is 1. The summed E-state index contributed by atoms with van der Waals surface area (Å²) in [4.78, 5) is 13.2. The summed E-state index contributed by atoms with van der Waals surface area (Å²) in [5.74, 6) is -0.233. The fraction of sp³-hybridized carbons (Fsp3) is 0.960. The van der Waals surface area contributed by atoms with E-state index in [2.05, 4.69) is 6.92 Å². The maximum atomic E-state index is 11.1. The predicted molar refractivity (Wildman–Crippen MR) is 132 cm³/mol. The van der Waals surface area contributed by atoms with E-state index in [4.69, 9.17) is 9.47 Å². The Morgan fingerprint density at radius 2 is 1.13 bits per heavy atom. The van der Waals surface area contributed by atoms with Gasteiger partial charge in [0.15, 0.2) is 0 Å². The van der Waals surface area contributed by atoms with Crippen LogP contribution < -0.4 is 0 Å². The molecule has 0 N–H and O–H groups in total. The topological polar surface area (TPSA) is 38.8 Å². The maximum Gasteiger partial charge on any atom is 0.303 e. The Hall–Kier alpha value is -0.320. The van der Waals surface area contributed by atoms with E-state index in [1.54, 1.807) is 0 Å². The van der Waals surface area contributed by atoms with E-state index in [0.29, 0.717) is 13.2 Å². The Morgan fingerprint density at radius 1 is 0.733 bits per heavy atom. The second kappa shape index (κ2) is 24.9. The van der Waals surface area contributed by atoms with Crippen LogP contribution in [-0.2, 0) is 14.3 Å². The van der Waals surface area contributed by atoms with Crippen LogP contribution >= 0.6 is 12.4 Å². The molecule has 0 spiro atoms. The summed E-state index contributed by atoms with van der Waals surface area (Å²) in [5, 5.41) is 0. The number of ether oxygens (including phenoxy) is 2. The van der Waals surface area contributed by atoms with Gasteiger partial charge in [0.1, 0.15) is 6.10 Å². The summed E-state index contributed by atoms with van der Waals surface area (Å²) in [6.07, 6.45) is 21.9. The van der Waals surface area contributed by atoms with Gasteiger partial charge in [0.25, 0.3) is 0 Å². The molecule has 4 nitrogen and oxygen atoms in total. The van der Waals surface area contributed by atoms with Crippen molar-refractivity contribution < 1.29 is 14.3 Å². The molecule has 0 radical (unpaired) electrons. The van der Waals surface area contributed by atoms with Gasteiger partial charge >= 0.3 is 5.97 Å². The van der Waals surface area contributed by atoms with Crippen molar-refractivity contribution >= 4 is 18.4 Å². The van der Waals surface area contributed by atoms with E-state index in [9.17, 15) is 4.79 Å². The van der Waals surface area contributed by atoms with Crippen LogP contribution in [0, 0.1) is 0 Å². The largest absolute Gasteiger partial charge is 0.459 e. The molecule has 0 saturated heterocycles. The van der Waals surface area contributed by atoms with E-state index >= 15 is 0 Å². The second-order valence-corrected chi connectivity index (χ2v) is 8.87. The third-order valence-corrected chi connectivity index (χ3v) is 5.35. The quantitative estimate of drug-likeness (QED) is 0.129. The fourth-order valence-corrected chi connectivity index (χ4v) is 3.73. The summed E-state index contributed by atoms with van der Waals surface area (Å²) < 4.78 is 11.0. The molecule has 0 amide bonds. The molecule has 0 aliphatic carbocycles. The first kappa shape index (κ1) is 31.9. The third-order valence-electron chi connectivity index (χ3n) is 5.35. The van der Waals surface area contributed by atoms with Crippen molar-refractivity contribution in [2.45, 2.75) is 123 Å². The Morgan fingerprint density at radius 3 is 1.50 bits per heavy atom. The van der Waals surface area contributed by atoms with Crippen molar-refractivity contribution in [3.63, 3.8) is 0 Å². The summed E-state index contributed by atoms with van der Waals surface area (Å²) in [7, 11) is 3.96. The number of hydrogen-bond acceptors (Lipinski definition) is 4. The van der Waals surface area contributed by atoms with Crippen molar-refractivity contribution in [3.8, 4) is 0 Å². The zero-order valence-electron chi connectivity index (χ0n) is 20.6. The van der Waals surface area contributed by atoms with Gasteiger partial charge in [0, 0.05) is 20.1 Å². The zero-order chi connectivity index (χ0) is 21.6. The molecule has 0 heterocycles. The maximum absolute atomic E-state index is 11.1. The number of halogens is 1. The fourth-order valence-electron chi connectivity index (χ4n) is 3.73. The highest BCUT2D eigenvalue weighted by atomic mass is 35.5. The normalized spacial score (nSPS) is 12.0. The lowest BCUT2D eigenvalue weighted by Crippen LogP contribution is -2.33. The molecule has 0 fully saturated rings. The van der Waals surface area contributed by atoms with Gasteiger partial charge in [-0.05, 0) is 20.5 Å². The number of likely N-dealkylation sites (N-methyl/N-ethyl adjacent to an activating group) is 1. The molecule has 1 unspecified atom stereocenters. The number of hydrogen-bond donors (Lipinski definition) is 0. The highest BCUT2D eigenvalue weighted by Crippen LogP contribution is 2.13. The van der Waals surface area contributed by atoms with Gasteiger partial charge in [-0.15, -0.1) is 12.4 Å². The Balaban J connectivity index is 0. The first-order valence-electron chi connectivity index (χ1n) is 12.5. The molecule has 1 atom stereocenters. The van der Waals surface area contributed by atoms with Crippen LogP contribution in [0.1, 0.15) is 117 Å². The van der Waals surface area contributed by atoms with Gasteiger partial charge in [-0.2, -0.15) is 0 Å². The molecule has 0 aromatic carbocycles. The van der Waals surface area contributed by atoms with Crippen molar-refractivity contribution in [1.82, 2.24) is 4.90 Å². The smallest absolute Gasteiger partial charge is 0.303 e. The van der Waals surface area contributed by atoms with Crippen LogP contribution in [0.2, 0.25) is 0 Å². The predicted octanol–water partition coefficient (Wildman–Crippen LogP) is 7.18. The van der Waals surface area contributed by atoms with Crippen molar-refractivity contribution in [3.05, 3.63) is 0 Å². The summed E-state index contributed by atoms with van der Waals surface area (Å²) in [6, 6.07) is 0. The molecule has 0 rings (SSSR count). The van der Waals surface area contributed by atoms with E-state index in [1.165, 1.54) is 103 Å². The lowest BCUT2D eigenvalue weighted by molar-refractivity contribution is -0.150. The molecule has 182 valence electrons. The lowest BCUT2D eigenvalue weighted by Gasteiger charge is -2.20. The Bertz CT molecular complexity index is 353. The van der Waals surface area contributed by atoms with Gasteiger partial charge in [0.05, 0.1) is 6.61 Å². The molecule has 0 saturated carbocycles. The SMILES string of the molecule is CCCCCCCCCCCCCCCCCCOCC(CN(C)C)OC(C)=O.Cl. The summed E-state index contributed by atoms with van der Waals surface area (Å²) in [6.45, 7) is 5.71. The first-order valence-corrected chi connectivity index (χ1v) is 12.5. The van der Waals surface area contributed by atoms with Gasteiger partial charge < -0.3 is 14.4 Å².